The molecule has 1 heterocycles. The van der Waals surface area contributed by atoms with Crippen molar-refractivity contribution < 1.29 is 14.3 Å². The molecule has 0 N–H and O–H groups in total. The number of benzene rings is 2. The van der Waals surface area contributed by atoms with Gasteiger partial charge in [0, 0.05) is 11.5 Å². The first-order chi connectivity index (χ1) is 11.4. The first kappa shape index (κ1) is 16.0. The third kappa shape index (κ3) is 3.71. The van der Waals surface area contributed by atoms with Crippen LogP contribution >= 0.6 is 0 Å². The summed E-state index contributed by atoms with van der Waals surface area (Å²) in [4.78, 5) is 16.3. The fourth-order valence-corrected chi connectivity index (χ4v) is 2.42. The summed E-state index contributed by atoms with van der Waals surface area (Å²) in [6.07, 6.45) is -0.760. The van der Waals surface area contributed by atoms with Gasteiger partial charge in [0.2, 0.25) is 5.88 Å². The van der Waals surface area contributed by atoms with Gasteiger partial charge in [0.25, 0.3) is 0 Å². The van der Waals surface area contributed by atoms with E-state index >= 15 is 0 Å². The van der Waals surface area contributed by atoms with E-state index in [9.17, 15) is 4.79 Å². The van der Waals surface area contributed by atoms with Crippen LogP contribution in [0, 0.1) is 0 Å². The monoisotopic (exact) mass is 321 g/mol. The van der Waals surface area contributed by atoms with Crippen molar-refractivity contribution in [2.45, 2.75) is 26.4 Å². The number of fused-ring (bicyclic) bond motifs is 1. The normalized spacial score (nSPS) is 11.3. The molecule has 0 spiro atoms. The molecule has 0 fully saturated rings. The summed E-state index contributed by atoms with van der Waals surface area (Å²) in [5, 5.41) is 1.00. The number of pyridine rings is 1. The van der Waals surface area contributed by atoms with Crippen molar-refractivity contribution in [3.63, 3.8) is 0 Å². The minimum atomic E-state index is -0.760. The molecule has 0 saturated carbocycles. The van der Waals surface area contributed by atoms with Crippen LogP contribution in [0.5, 0.6) is 5.88 Å². The highest BCUT2D eigenvalue weighted by atomic mass is 16.7. The molecule has 24 heavy (non-hydrogen) atoms. The van der Waals surface area contributed by atoms with Crippen molar-refractivity contribution in [2.24, 2.45) is 0 Å². The van der Waals surface area contributed by atoms with Gasteiger partial charge in [-0.1, -0.05) is 48.5 Å². The van der Waals surface area contributed by atoms with E-state index in [0.29, 0.717) is 0 Å². The fraction of sp³-hybridized carbons (Fsp3) is 0.200. The Morgan fingerprint density at radius 2 is 1.62 bits per heavy atom. The smallest absolute Gasteiger partial charge is 0.428 e. The molecule has 0 radical (unpaired) electrons. The number of carbonyl (C=O) groups excluding carboxylic acids is 1. The van der Waals surface area contributed by atoms with Gasteiger partial charge >= 0.3 is 6.16 Å². The molecule has 1 aromatic heterocycles. The summed E-state index contributed by atoms with van der Waals surface area (Å²) in [5.41, 5.74) is 2.14. The van der Waals surface area contributed by atoms with Gasteiger partial charge in [0.1, 0.15) is 5.60 Å². The van der Waals surface area contributed by atoms with Crippen LogP contribution in [0.2, 0.25) is 0 Å². The van der Waals surface area contributed by atoms with Crippen LogP contribution in [0.3, 0.4) is 0 Å². The standard InChI is InChI=1S/C20H19NO3/c1-20(2,3)24-19(22)23-18-13-16(14-9-5-4-6-10-14)15-11-7-8-12-17(15)21-18/h4-13H,1-3H3. The zero-order chi connectivity index (χ0) is 17.2. The number of rotatable bonds is 2. The maximum atomic E-state index is 11.9. The van der Waals surface area contributed by atoms with Crippen molar-refractivity contribution in [3.05, 3.63) is 60.7 Å². The van der Waals surface area contributed by atoms with Gasteiger partial charge in [0.05, 0.1) is 5.52 Å². The number of hydrogen-bond acceptors (Lipinski definition) is 4. The lowest BCUT2D eigenvalue weighted by Gasteiger charge is -2.18. The molecular weight excluding hydrogens is 302 g/mol. The van der Waals surface area contributed by atoms with Crippen LogP contribution in [-0.4, -0.2) is 16.7 Å². The third-order valence-corrected chi connectivity index (χ3v) is 3.35. The number of aromatic nitrogens is 1. The molecule has 0 bridgehead atoms. The minimum absolute atomic E-state index is 0.224. The molecule has 0 unspecified atom stereocenters. The zero-order valence-corrected chi connectivity index (χ0v) is 13.9. The van der Waals surface area contributed by atoms with Gasteiger partial charge in [0.15, 0.2) is 0 Å². The lowest BCUT2D eigenvalue weighted by atomic mass is 10.0. The summed E-state index contributed by atoms with van der Waals surface area (Å²) in [6, 6.07) is 19.5. The summed E-state index contributed by atoms with van der Waals surface area (Å²) in [5.74, 6) is 0.224. The summed E-state index contributed by atoms with van der Waals surface area (Å²) < 4.78 is 10.5. The van der Waals surface area contributed by atoms with Crippen LogP contribution < -0.4 is 4.74 Å². The zero-order valence-electron chi connectivity index (χ0n) is 13.9. The summed E-state index contributed by atoms with van der Waals surface area (Å²) in [7, 11) is 0. The Bertz CT molecular complexity index is 867. The number of ether oxygens (including phenoxy) is 2. The SMILES string of the molecule is CC(C)(C)OC(=O)Oc1cc(-c2ccccc2)c2ccccc2n1. The average molecular weight is 321 g/mol. The summed E-state index contributed by atoms with van der Waals surface area (Å²) in [6.45, 7) is 5.37. The Kier molecular flexibility index (Phi) is 4.21. The number of nitrogens with zero attached hydrogens (tertiary/aromatic N) is 1. The number of carbonyl (C=O) groups is 1. The molecule has 0 saturated heterocycles. The first-order valence-electron chi connectivity index (χ1n) is 7.78. The molecule has 3 rings (SSSR count). The predicted molar refractivity (Wildman–Crippen MR) is 94.0 cm³/mol. The van der Waals surface area contributed by atoms with Gasteiger partial charge in [-0.05, 0) is 38.0 Å². The van der Waals surface area contributed by atoms with Gasteiger partial charge < -0.3 is 9.47 Å². The Labute approximate surface area is 141 Å². The second-order valence-electron chi connectivity index (χ2n) is 6.46. The predicted octanol–water partition coefficient (Wildman–Crippen LogP) is 5.22. The van der Waals surface area contributed by atoms with Gasteiger partial charge in [-0.2, -0.15) is 0 Å². The van der Waals surface area contributed by atoms with Crippen LogP contribution in [0.4, 0.5) is 4.79 Å². The van der Waals surface area contributed by atoms with Crippen LogP contribution in [0.15, 0.2) is 60.7 Å². The van der Waals surface area contributed by atoms with Gasteiger partial charge in [-0.3, -0.25) is 0 Å². The van der Waals surface area contributed by atoms with Crippen molar-refractivity contribution >= 4 is 17.1 Å². The highest BCUT2D eigenvalue weighted by Crippen LogP contribution is 2.31. The van der Waals surface area contributed by atoms with Crippen LogP contribution in [0.1, 0.15) is 20.8 Å². The Balaban J connectivity index is 2.03. The minimum Gasteiger partial charge on any atom is -0.428 e. The molecule has 122 valence electrons. The van der Waals surface area contributed by atoms with Crippen molar-refractivity contribution in [1.82, 2.24) is 4.98 Å². The highest BCUT2D eigenvalue weighted by Gasteiger charge is 2.19. The highest BCUT2D eigenvalue weighted by molar-refractivity contribution is 5.95. The quantitative estimate of drug-likeness (QED) is 0.607. The van der Waals surface area contributed by atoms with Crippen LogP contribution in [0.25, 0.3) is 22.0 Å². The molecule has 0 amide bonds. The first-order valence-corrected chi connectivity index (χ1v) is 7.78. The van der Waals surface area contributed by atoms with Gasteiger partial charge in [-0.25, -0.2) is 9.78 Å². The van der Waals surface area contributed by atoms with E-state index in [-0.39, 0.29) is 5.88 Å². The van der Waals surface area contributed by atoms with E-state index in [2.05, 4.69) is 4.98 Å². The Morgan fingerprint density at radius 1 is 0.958 bits per heavy atom. The lowest BCUT2D eigenvalue weighted by Crippen LogP contribution is -2.26. The molecule has 0 aliphatic rings. The van der Waals surface area contributed by atoms with Crippen molar-refractivity contribution in [1.29, 1.82) is 0 Å². The van der Waals surface area contributed by atoms with E-state index in [1.54, 1.807) is 26.8 Å². The van der Waals surface area contributed by atoms with E-state index in [4.69, 9.17) is 9.47 Å². The molecule has 4 nitrogen and oxygen atoms in total. The average Bonchev–Trinajstić information content (AvgIpc) is 2.53. The molecule has 3 aromatic rings. The maximum absolute atomic E-state index is 11.9. The second kappa shape index (κ2) is 6.32. The van der Waals surface area contributed by atoms with Crippen molar-refractivity contribution in [2.75, 3.05) is 0 Å². The second-order valence-corrected chi connectivity index (χ2v) is 6.46. The molecule has 0 aliphatic carbocycles. The summed E-state index contributed by atoms with van der Waals surface area (Å²) >= 11 is 0. The molecule has 0 atom stereocenters. The maximum Gasteiger partial charge on any atom is 0.515 e. The number of para-hydroxylation sites is 1. The van der Waals surface area contributed by atoms with E-state index in [1.165, 1.54) is 0 Å². The molecule has 4 heteroatoms. The fourth-order valence-electron chi connectivity index (χ4n) is 2.42. The van der Waals surface area contributed by atoms with E-state index in [0.717, 1.165) is 22.0 Å². The van der Waals surface area contributed by atoms with Crippen LogP contribution in [-0.2, 0) is 4.74 Å². The van der Waals surface area contributed by atoms with E-state index in [1.807, 2.05) is 54.6 Å². The Morgan fingerprint density at radius 3 is 2.33 bits per heavy atom. The molecule has 0 aliphatic heterocycles. The molecular formula is C20H19NO3. The third-order valence-electron chi connectivity index (χ3n) is 3.35. The largest absolute Gasteiger partial charge is 0.515 e. The lowest BCUT2D eigenvalue weighted by molar-refractivity contribution is 0.0198. The van der Waals surface area contributed by atoms with Gasteiger partial charge in [-0.15, -0.1) is 0 Å². The molecule has 2 aromatic carbocycles. The van der Waals surface area contributed by atoms with E-state index < -0.39 is 11.8 Å². The topological polar surface area (TPSA) is 48.4 Å². The Hall–Kier alpha value is -2.88. The number of hydrogen-bond donors (Lipinski definition) is 0. The van der Waals surface area contributed by atoms with Crippen molar-refractivity contribution in [3.8, 4) is 17.0 Å².